The molecule has 1 saturated heterocycles. The number of benzene rings is 2. The third-order valence-corrected chi connectivity index (χ3v) is 4.22. The van der Waals surface area contributed by atoms with E-state index in [0.29, 0.717) is 31.9 Å². The fourth-order valence-electron chi connectivity index (χ4n) is 3.02. The number of halogens is 3. The molecule has 0 bridgehead atoms. The highest BCUT2D eigenvalue weighted by molar-refractivity contribution is 5.60. The van der Waals surface area contributed by atoms with E-state index in [1.807, 2.05) is 4.90 Å². The molecule has 0 radical (unpaired) electrons. The minimum Gasteiger partial charge on any atom is -0.494 e. The standard InChI is InChI=1S/C18H16F3N3O/c1-25-17-10-13(19)2-3-16(17)23-4-6-24(7-5-23)18-14(20)8-12(11-22)9-15(18)21/h2-3,8-10H,4-7H2,1H3. The van der Waals surface area contributed by atoms with Crippen LogP contribution in [-0.4, -0.2) is 33.3 Å². The van der Waals surface area contributed by atoms with Gasteiger partial charge in [-0.15, -0.1) is 0 Å². The van der Waals surface area contributed by atoms with Crippen LogP contribution >= 0.6 is 0 Å². The average Bonchev–Trinajstić information content (AvgIpc) is 2.61. The molecule has 1 aliphatic heterocycles. The van der Waals surface area contributed by atoms with Crippen LogP contribution in [0.3, 0.4) is 0 Å². The number of anilines is 2. The lowest BCUT2D eigenvalue weighted by Crippen LogP contribution is -2.47. The van der Waals surface area contributed by atoms with Gasteiger partial charge in [-0.25, -0.2) is 13.2 Å². The summed E-state index contributed by atoms with van der Waals surface area (Å²) in [6.45, 7) is 1.78. The Balaban J connectivity index is 1.78. The number of methoxy groups -OCH3 is 1. The maximum absolute atomic E-state index is 14.2. The highest BCUT2D eigenvalue weighted by Crippen LogP contribution is 2.31. The van der Waals surface area contributed by atoms with Gasteiger partial charge in [0.05, 0.1) is 24.4 Å². The Labute approximate surface area is 143 Å². The molecule has 2 aromatic carbocycles. The van der Waals surface area contributed by atoms with Gasteiger partial charge >= 0.3 is 0 Å². The van der Waals surface area contributed by atoms with Crippen LogP contribution < -0.4 is 14.5 Å². The monoisotopic (exact) mass is 347 g/mol. The molecular formula is C18H16F3N3O. The summed E-state index contributed by atoms with van der Waals surface area (Å²) < 4.78 is 46.8. The smallest absolute Gasteiger partial charge is 0.150 e. The van der Waals surface area contributed by atoms with Gasteiger partial charge in [0.25, 0.3) is 0 Å². The van der Waals surface area contributed by atoms with Crippen LogP contribution in [0.4, 0.5) is 24.5 Å². The zero-order valence-electron chi connectivity index (χ0n) is 13.6. The minimum absolute atomic E-state index is 0.0477. The second-order valence-corrected chi connectivity index (χ2v) is 5.69. The van der Waals surface area contributed by atoms with Gasteiger partial charge in [0.2, 0.25) is 0 Å². The van der Waals surface area contributed by atoms with Gasteiger partial charge in [-0.1, -0.05) is 0 Å². The number of hydrogen-bond acceptors (Lipinski definition) is 4. The van der Waals surface area contributed by atoms with Crippen LogP contribution in [0.1, 0.15) is 5.56 Å². The molecule has 0 spiro atoms. The summed E-state index contributed by atoms with van der Waals surface area (Å²) in [4.78, 5) is 3.59. The Morgan fingerprint density at radius 3 is 2.12 bits per heavy atom. The molecule has 1 aliphatic rings. The predicted octanol–water partition coefficient (Wildman–Crippen LogP) is 3.31. The molecule has 0 aliphatic carbocycles. The van der Waals surface area contributed by atoms with Crippen molar-refractivity contribution in [1.82, 2.24) is 0 Å². The summed E-state index contributed by atoms with van der Waals surface area (Å²) in [5.74, 6) is -1.46. The van der Waals surface area contributed by atoms with Gasteiger partial charge in [0.1, 0.15) is 17.3 Å². The number of rotatable bonds is 3. The van der Waals surface area contributed by atoms with Gasteiger partial charge in [-0.2, -0.15) is 5.26 Å². The molecular weight excluding hydrogens is 331 g/mol. The molecule has 0 atom stereocenters. The van der Waals surface area contributed by atoms with Crippen molar-refractivity contribution < 1.29 is 17.9 Å². The zero-order chi connectivity index (χ0) is 18.0. The Kier molecular flexibility index (Phi) is 4.70. The summed E-state index contributed by atoms with van der Waals surface area (Å²) in [6, 6.07) is 8.09. The molecule has 0 unspecified atom stereocenters. The first-order valence-corrected chi connectivity index (χ1v) is 7.76. The largest absolute Gasteiger partial charge is 0.494 e. The SMILES string of the molecule is COc1cc(F)ccc1N1CCN(c2c(F)cc(C#N)cc2F)CC1. The summed E-state index contributed by atoms with van der Waals surface area (Å²) in [6.07, 6.45) is 0. The average molecular weight is 347 g/mol. The van der Waals surface area contributed by atoms with E-state index in [1.54, 1.807) is 17.0 Å². The van der Waals surface area contributed by atoms with Crippen molar-refractivity contribution in [3.8, 4) is 11.8 Å². The van der Waals surface area contributed by atoms with Crippen molar-refractivity contribution in [2.24, 2.45) is 0 Å². The molecule has 0 amide bonds. The molecule has 130 valence electrons. The van der Waals surface area contributed by atoms with Crippen LogP contribution in [-0.2, 0) is 0 Å². The maximum atomic E-state index is 14.2. The Hall–Kier alpha value is -2.88. The summed E-state index contributed by atoms with van der Waals surface area (Å²) in [5.41, 5.74) is 0.572. The first-order chi connectivity index (χ1) is 12.0. The van der Waals surface area contributed by atoms with E-state index in [1.165, 1.54) is 19.2 Å². The van der Waals surface area contributed by atoms with Crippen molar-refractivity contribution in [1.29, 1.82) is 5.26 Å². The van der Waals surface area contributed by atoms with E-state index >= 15 is 0 Å². The second kappa shape index (κ2) is 6.93. The lowest BCUT2D eigenvalue weighted by atomic mass is 10.1. The number of piperazine rings is 1. The number of hydrogen-bond donors (Lipinski definition) is 0. The van der Waals surface area contributed by atoms with Crippen molar-refractivity contribution >= 4 is 11.4 Å². The minimum atomic E-state index is -0.746. The first-order valence-electron chi connectivity index (χ1n) is 7.76. The number of ether oxygens (including phenoxy) is 1. The van der Waals surface area contributed by atoms with Crippen molar-refractivity contribution in [3.05, 3.63) is 53.3 Å². The highest BCUT2D eigenvalue weighted by atomic mass is 19.1. The first kappa shape index (κ1) is 17.0. The van der Waals surface area contributed by atoms with Gasteiger partial charge < -0.3 is 14.5 Å². The molecule has 3 rings (SSSR count). The molecule has 25 heavy (non-hydrogen) atoms. The molecule has 1 heterocycles. The van der Waals surface area contributed by atoms with Gasteiger partial charge in [-0.05, 0) is 24.3 Å². The number of nitriles is 1. The lowest BCUT2D eigenvalue weighted by molar-refractivity contribution is 0.410. The van der Waals surface area contributed by atoms with E-state index in [0.717, 1.165) is 17.8 Å². The second-order valence-electron chi connectivity index (χ2n) is 5.69. The van der Waals surface area contributed by atoms with Gasteiger partial charge in [0.15, 0.2) is 11.6 Å². The summed E-state index contributed by atoms with van der Waals surface area (Å²) in [5, 5.41) is 8.78. The van der Waals surface area contributed by atoms with Crippen LogP contribution in [0.15, 0.2) is 30.3 Å². The summed E-state index contributed by atoms with van der Waals surface area (Å²) >= 11 is 0. The van der Waals surface area contributed by atoms with Crippen molar-refractivity contribution in [2.45, 2.75) is 0 Å². The van der Waals surface area contributed by atoms with Crippen LogP contribution in [0.25, 0.3) is 0 Å². The molecule has 1 fully saturated rings. The molecule has 7 heteroatoms. The Morgan fingerprint density at radius 1 is 0.960 bits per heavy atom. The highest BCUT2D eigenvalue weighted by Gasteiger charge is 2.24. The molecule has 0 saturated carbocycles. The molecule has 0 aromatic heterocycles. The number of nitrogens with zero attached hydrogens (tertiary/aromatic N) is 3. The maximum Gasteiger partial charge on any atom is 0.150 e. The van der Waals surface area contributed by atoms with Crippen LogP contribution in [0, 0.1) is 28.8 Å². The third-order valence-electron chi connectivity index (χ3n) is 4.22. The Morgan fingerprint density at radius 2 is 1.56 bits per heavy atom. The predicted molar refractivity (Wildman–Crippen MR) is 88.5 cm³/mol. The zero-order valence-corrected chi connectivity index (χ0v) is 13.6. The van der Waals surface area contributed by atoms with Crippen LogP contribution in [0.5, 0.6) is 5.75 Å². The van der Waals surface area contributed by atoms with Gasteiger partial charge in [-0.3, -0.25) is 0 Å². The molecule has 2 aromatic rings. The van der Waals surface area contributed by atoms with E-state index < -0.39 is 11.6 Å². The molecule has 4 nitrogen and oxygen atoms in total. The normalized spacial score (nSPS) is 14.4. The lowest BCUT2D eigenvalue weighted by Gasteiger charge is -2.38. The fraction of sp³-hybridized carbons (Fsp3) is 0.278. The van der Waals surface area contributed by atoms with E-state index in [4.69, 9.17) is 10.00 Å². The van der Waals surface area contributed by atoms with Crippen molar-refractivity contribution in [3.63, 3.8) is 0 Å². The summed E-state index contributed by atoms with van der Waals surface area (Å²) in [7, 11) is 1.47. The van der Waals surface area contributed by atoms with E-state index in [-0.39, 0.29) is 17.1 Å². The topological polar surface area (TPSA) is 39.5 Å². The Bertz CT molecular complexity index is 804. The van der Waals surface area contributed by atoms with E-state index in [2.05, 4.69) is 0 Å². The quantitative estimate of drug-likeness (QED) is 0.854. The van der Waals surface area contributed by atoms with Gasteiger partial charge in [0, 0.05) is 32.2 Å². The fourth-order valence-corrected chi connectivity index (χ4v) is 3.02. The third kappa shape index (κ3) is 3.33. The van der Waals surface area contributed by atoms with Crippen LogP contribution in [0.2, 0.25) is 0 Å². The molecule has 0 N–H and O–H groups in total. The van der Waals surface area contributed by atoms with Crippen molar-refractivity contribution in [2.75, 3.05) is 43.1 Å². The van der Waals surface area contributed by atoms with E-state index in [9.17, 15) is 13.2 Å².